The van der Waals surface area contributed by atoms with Crippen molar-refractivity contribution in [3.63, 3.8) is 0 Å². The summed E-state index contributed by atoms with van der Waals surface area (Å²) in [4.78, 5) is 55.9. The summed E-state index contributed by atoms with van der Waals surface area (Å²) in [5, 5.41) is 41.5. The number of aromatic nitrogens is 5. The van der Waals surface area contributed by atoms with E-state index in [1.54, 1.807) is 0 Å². The number of pyridine rings is 1. The van der Waals surface area contributed by atoms with E-state index in [1.807, 2.05) is 0 Å². The van der Waals surface area contributed by atoms with Gasteiger partial charge in [-0.1, -0.05) is 0 Å². The number of aromatic amines is 1. The molecule has 2 aliphatic heterocycles. The van der Waals surface area contributed by atoms with E-state index in [0.717, 1.165) is 17.2 Å². The summed E-state index contributed by atoms with van der Waals surface area (Å²) in [5.74, 6) is -0.276. The van der Waals surface area contributed by atoms with Crippen molar-refractivity contribution in [2.24, 2.45) is 0 Å². The zero-order valence-corrected chi connectivity index (χ0v) is 24.3. The zero-order valence-electron chi connectivity index (χ0n) is 22.5. The molecule has 5 rings (SSSR count). The molecule has 22 heteroatoms. The van der Waals surface area contributed by atoms with Crippen molar-refractivity contribution >= 4 is 32.6 Å². The number of nitrogens with one attached hydrogen (secondary N) is 1. The molecule has 44 heavy (non-hydrogen) atoms. The van der Waals surface area contributed by atoms with Gasteiger partial charge in [0.25, 0.3) is 19.6 Å². The Hall–Kier alpha value is -2.81. The summed E-state index contributed by atoms with van der Waals surface area (Å²) in [7, 11) is -11.1. The van der Waals surface area contributed by atoms with Crippen LogP contribution in [-0.4, -0.2) is 100 Å². The Morgan fingerprint density at radius 1 is 1.09 bits per heavy atom. The third-order valence-corrected chi connectivity index (χ3v) is 9.40. The van der Waals surface area contributed by atoms with Gasteiger partial charge in [0.05, 0.1) is 31.4 Å². The van der Waals surface area contributed by atoms with Crippen molar-refractivity contribution in [1.82, 2.24) is 19.5 Å². The van der Waals surface area contributed by atoms with Crippen LogP contribution in [0.4, 0.5) is 0 Å². The summed E-state index contributed by atoms with van der Waals surface area (Å²) < 4.78 is 51.5. The van der Waals surface area contributed by atoms with E-state index >= 15 is 0 Å². The van der Waals surface area contributed by atoms with Gasteiger partial charge in [-0.05, 0) is 13.0 Å². The predicted molar refractivity (Wildman–Crippen MR) is 137 cm³/mol. The Morgan fingerprint density at radius 2 is 1.77 bits per heavy atom. The van der Waals surface area contributed by atoms with Crippen LogP contribution in [0.5, 0.6) is 0 Å². The number of phosphoric acid groups is 2. The number of hydrogen-bond donors (Lipinski definition) is 6. The Balaban J connectivity index is 1.16. The highest BCUT2D eigenvalue weighted by molar-refractivity contribution is 7.60. The standard InChI is InChI=1S/C22H27N5O15P2/c1-10(28)11-3-2-4-26(5-11)21-17(31)15(29)12(40-21)6-38-43(34,35)42-44(36,37)39-7-13-16(30)18(32)22(41-13)27-9-25-14-19(27)23-8-24-20(14)33/h2-5,8-9,12-13,15-18,21-22,29-32H,6-7H2,1H3,(H2-,23,24,33,34,35,36,37). The van der Waals surface area contributed by atoms with Crippen molar-refractivity contribution in [1.29, 1.82) is 0 Å². The number of carbonyl (C=O) groups excluding carboxylic acids is 1. The van der Waals surface area contributed by atoms with Crippen molar-refractivity contribution in [3.8, 4) is 0 Å². The lowest BCUT2D eigenvalue weighted by atomic mass is 10.1. The molecule has 6 N–H and O–H groups in total. The third kappa shape index (κ3) is 6.73. The largest absolute Gasteiger partial charge is 0.756 e. The smallest absolute Gasteiger partial charge is 0.478 e. The second kappa shape index (κ2) is 12.5. The summed E-state index contributed by atoms with van der Waals surface area (Å²) in [6, 6.07) is 3.02. The number of nitrogens with zero attached hydrogens (tertiary/aromatic N) is 4. The van der Waals surface area contributed by atoms with E-state index in [9.17, 15) is 48.9 Å². The van der Waals surface area contributed by atoms with Gasteiger partial charge in [-0.3, -0.25) is 23.2 Å². The van der Waals surface area contributed by atoms with Gasteiger partial charge in [0.1, 0.15) is 30.5 Å². The molecule has 2 saturated heterocycles. The zero-order chi connectivity index (χ0) is 32.0. The summed E-state index contributed by atoms with van der Waals surface area (Å²) >= 11 is 0. The fraction of sp³-hybridized carbons (Fsp3) is 0.500. The molecule has 2 fully saturated rings. The number of rotatable bonds is 11. The number of phosphoric ester groups is 2. The minimum absolute atomic E-state index is 0.00106. The fourth-order valence-corrected chi connectivity index (χ4v) is 6.68. The summed E-state index contributed by atoms with van der Waals surface area (Å²) in [6.07, 6.45) is -7.08. The topological polar surface area (TPSA) is 289 Å². The highest BCUT2D eigenvalue weighted by atomic mass is 31.3. The first kappa shape index (κ1) is 32.6. The summed E-state index contributed by atoms with van der Waals surface area (Å²) in [5.41, 5.74) is -0.386. The Labute approximate surface area is 246 Å². The molecule has 0 aromatic carbocycles. The number of carbonyl (C=O) groups is 1. The average Bonchev–Trinajstić information content (AvgIpc) is 3.61. The number of aliphatic hydroxyl groups is 4. The lowest BCUT2D eigenvalue weighted by Gasteiger charge is -2.26. The van der Waals surface area contributed by atoms with Gasteiger partial charge in [0.15, 0.2) is 41.7 Å². The van der Waals surface area contributed by atoms with Crippen LogP contribution >= 0.6 is 15.6 Å². The van der Waals surface area contributed by atoms with Crippen molar-refractivity contribution < 1.29 is 71.5 Å². The number of Topliss-reactive ketones (excluding diaryl/α,β-unsaturated/α-hetero) is 1. The fourth-order valence-electron chi connectivity index (χ4n) is 4.62. The first-order chi connectivity index (χ1) is 20.7. The quantitative estimate of drug-likeness (QED) is 0.0684. The number of hydrogen-bond acceptors (Lipinski definition) is 16. The molecule has 0 spiro atoms. The number of ether oxygens (including phenoxy) is 2. The van der Waals surface area contributed by atoms with E-state index in [0.29, 0.717) is 0 Å². The lowest BCUT2D eigenvalue weighted by molar-refractivity contribution is -0.765. The van der Waals surface area contributed by atoms with Gasteiger partial charge in [-0.15, -0.1) is 0 Å². The van der Waals surface area contributed by atoms with E-state index in [-0.39, 0.29) is 22.5 Å². The van der Waals surface area contributed by atoms with Crippen LogP contribution in [0, 0.1) is 0 Å². The Bertz CT molecular complexity index is 1680. The second-order valence-electron chi connectivity index (χ2n) is 9.83. The van der Waals surface area contributed by atoms with E-state index in [1.165, 1.54) is 36.0 Å². The maximum absolute atomic E-state index is 12.4. The molecule has 20 nitrogen and oxygen atoms in total. The van der Waals surface area contributed by atoms with E-state index in [2.05, 4.69) is 28.3 Å². The molecule has 10 atom stereocenters. The van der Waals surface area contributed by atoms with Crippen LogP contribution in [-0.2, 0) is 32.0 Å². The molecule has 10 unspecified atom stereocenters. The van der Waals surface area contributed by atoms with Gasteiger partial charge in [-0.2, -0.15) is 4.57 Å². The number of H-pyrrole nitrogens is 1. The van der Waals surface area contributed by atoms with Crippen LogP contribution in [0.3, 0.4) is 0 Å². The van der Waals surface area contributed by atoms with Gasteiger partial charge >= 0.3 is 7.82 Å². The molecule has 240 valence electrons. The highest BCUT2D eigenvalue weighted by Crippen LogP contribution is 2.58. The number of fused-ring (bicyclic) bond motifs is 1. The molecule has 2 aliphatic rings. The van der Waals surface area contributed by atoms with Gasteiger partial charge in [-0.25, -0.2) is 18.8 Å². The molecular weight excluding hydrogens is 636 g/mol. The molecule has 5 heterocycles. The maximum atomic E-state index is 12.4. The minimum atomic E-state index is -5.63. The first-order valence-corrected chi connectivity index (χ1v) is 15.7. The lowest BCUT2D eigenvalue weighted by Crippen LogP contribution is -2.46. The van der Waals surface area contributed by atoms with Crippen molar-refractivity contribution in [2.45, 2.75) is 56.0 Å². The number of imidazole rings is 1. The minimum Gasteiger partial charge on any atom is -0.756 e. The van der Waals surface area contributed by atoms with E-state index in [4.69, 9.17) is 9.47 Å². The van der Waals surface area contributed by atoms with Crippen LogP contribution in [0.15, 0.2) is 42.0 Å². The normalized spacial score (nSPS) is 31.6. The second-order valence-corrected chi connectivity index (χ2v) is 12.8. The average molecular weight is 663 g/mol. The van der Waals surface area contributed by atoms with Gasteiger partial charge in [0, 0.05) is 6.07 Å². The third-order valence-electron chi connectivity index (χ3n) is 6.84. The van der Waals surface area contributed by atoms with Crippen molar-refractivity contribution in [2.75, 3.05) is 13.2 Å². The van der Waals surface area contributed by atoms with E-state index < -0.39 is 83.5 Å². The molecule has 0 saturated carbocycles. The maximum Gasteiger partial charge on any atom is 0.478 e. The van der Waals surface area contributed by atoms with Crippen LogP contribution in [0.25, 0.3) is 11.2 Å². The molecule has 0 amide bonds. The summed E-state index contributed by atoms with van der Waals surface area (Å²) in [6.45, 7) is -0.573. The van der Waals surface area contributed by atoms with Gasteiger partial charge in [0.2, 0.25) is 0 Å². The monoisotopic (exact) mass is 663 g/mol. The molecule has 3 aromatic heterocycles. The van der Waals surface area contributed by atoms with Crippen LogP contribution in [0.2, 0.25) is 0 Å². The SMILES string of the molecule is CC(=O)c1ccc[n+](C2OC(COP(=O)(O)OP(=O)([O-])OCC3OC(n4cnc5c(=O)[nH]cnc54)C(O)C3O)C(O)C2O)c1. The van der Waals surface area contributed by atoms with Crippen LogP contribution < -0.4 is 15.0 Å². The predicted octanol–water partition coefficient (Wildman–Crippen LogP) is -2.83. The number of ketones is 1. The molecule has 0 radical (unpaired) electrons. The molecular formula is C22H27N5O15P2. The molecule has 0 bridgehead atoms. The molecule has 0 aliphatic carbocycles. The van der Waals surface area contributed by atoms with Crippen LogP contribution in [0.1, 0.15) is 29.7 Å². The van der Waals surface area contributed by atoms with Crippen molar-refractivity contribution in [3.05, 3.63) is 53.1 Å². The Morgan fingerprint density at radius 3 is 2.50 bits per heavy atom. The number of aliphatic hydroxyl groups excluding tert-OH is 4. The van der Waals surface area contributed by atoms with Gasteiger partial charge < -0.3 is 49.2 Å². The Kier molecular flexibility index (Phi) is 9.28. The first-order valence-electron chi connectivity index (χ1n) is 12.8. The molecule has 3 aromatic rings. The highest BCUT2D eigenvalue weighted by Gasteiger charge is 2.49.